The Balaban J connectivity index is 1.66. The average Bonchev–Trinajstić information content (AvgIpc) is 2.86. The maximum atomic E-state index is 12.1. The lowest BCUT2D eigenvalue weighted by Crippen LogP contribution is -2.48. The highest BCUT2D eigenvalue weighted by Gasteiger charge is 2.29. The lowest BCUT2D eigenvalue weighted by molar-refractivity contribution is -0.121. The molecule has 20 heavy (non-hydrogen) atoms. The van der Waals surface area contributed by atoms with E-state index in [1.807, 2.05) is 25.1 Å². The molecule has 0 aromatic carbocycles. The van der Waals surface area contributed by atoms with Gasteiger partial charge in [-0.25, -0.2) is 0 Å². The first-order chi connectivity index (χ1) is 9.74. The van der Waals surface area contributed by atoms with Crippen LogP contribution in [0.25, 0.3) is 10.7 Å². The summed E-state index contributed by atoms with van der Waals surface area (Å²) in [5.74, 6) is 0.400. The molecule has 2 N–H and O–H groups in total. The second-order valence-corrected chi connectivity index (χ2v) is 5.80. The van der Waals surface area contributed by atoms with Crippen LogP contribution in [0.4, 0.5) is 5.13 Å². The number of pyridine rings is 1. The number of hydrogen-bond donors (Lipinski definition) is 2. The molecule has 0 spiro atoms. The van der Waals surface area contributed by atoms with E-state index in [0.29, 0.717) is 16.1 Å². The van der Waals surface area contributed by atoms with Gasteiger partial charge < -0.3 is 10.6 Å². The van der Waals surface area contributed by atoms with Crippen molar-refractivity contribution in [3.63, 3.8) is 0 Å². The molecule has 0 aliphatic carbocycles. The van der Waals surface area contributed by atoms with Crippen LogP contribution in [0.15, 0.2) is 24.4 Å². The predicted molar refractivity (Wildman–Crippen MR) is 77.3 cm³/mol. The summed E-state index contributed by atoms with van der Waals surface area (Å²) in [5, 5.41) is 15.3. The fourth-order valence-corrected chi connectivity index (χ4v) is 2.69. The van der Waals surface area contributed by atoms with Crippen molar-refractivity contribution in [2.24, 2.45) is 11.8 Å². The van der Waals surface area contributed by atoms with Crippen LogP contribution < -0.4 is 10.6 Å². The van der Waals surface area contributed by atoms with Crippen molar-refractivity contribution in [1.29, 1.82) is 0 Å². The minimum absolute atomic E-state index is 0.000205. The van der Waals surface area contributed by atoms with Crippen LogP contribution in [0.5, 0.6) is 0 Å². The molecule has 2 aromatic heterocycles. The van der Waals surface area contributed by atoms with Gasteiger partial charge in [0.15, 0.2) is 5.01 Å². The average molecular weight is 289 g/mol. The first-order valence-corrected chi connectivity index (χ1v) is 7.32. The Labute approximate surface area is 120 Å². The summed E-state index contributed by atoms with van der Waals surface area (Å²) in [5.41, 5.74) is 0.766. The standard InChI is InChI=1S/C13H15N5OS/c1-8(9-6-14-7-9)11(19)16-13-18-17-12(20-13)10-4-2-3-5-15-10/h2-5,8-9,14H,6-7H2,1H3,(H,16,18,19). The Morgan fingerprint density at radius 3 is 2.95 bits per heavy atom. The van der Waals surface area contributed by atoms with Gasteiger partial charge in [0.25, 0.3) is 0 Å². The van der Waals surface area contributed by atoms with Crippen LogP contribution in [0, 0.1) is 11.8 Å². The molecule has 1 atom stereocenters. The summed E-state index contributed by atoms with van der Waals surface area (Å²) < 4.78 is 0. The van der Waals surface area contributed by atoms with Gasteiger partial charge in [0.2, 0.25) is 11.0 Å². The monoisotopic (exact) mass is 289 g/mol. The third-order valence-electron chi connectivity index (χ3n) is 3.47. The molecule has 0 radical (unpaired) electrons. The number of carbonyl (C=O) groups excluding carboxylic acids is 1. The number of hydrogen-bond acceptors (Lipinski definition) is 6. The summed E-state index contributed by atoms with van der Waals surface area (Å²) in [6.45, 7) is 3.76. The second kappa shape index (κ2) is 5.64. The second-order valence-electron chi connectivity index (χ2n) is 4.82. The molecule has 0 saturated carbocycles. The zero-order valence-corrected chi connectivity index (χ0v) is 11.9. The molecule has 3 heterocycles. The molecule has 1 amide bonds. The highest BCUT2D eigenvalue weighted by atomic mass is 32.1. The van der Waals surface area contributed by atoms with Crippen molar-refractivity contribution in [2.45, 2.75) is 6.92 Å². The maximum absolute atomic E-state index is 12.1. The molecular weight excluding hydrogens is 274 g/mol. The van der Waals surface area contributed by atoms with Crippen LogP contribution in [0.2, 0.25) is 0 Å². The zero-order valence-electron chi connectivity index (χ0n) is 11.0. The molecule has 1 saturated heterocycles. The van der Waals surface area contributed by atoms with Crippen molar-refractivity contribution in [3.8, 4) is 10.7 Å². The van der Waals surface area contributed by atoms with E-state index in [-0.39, 0.29) is 11.8 Å². The summed E-state index contributed by atoms with van der Waals surface area (Å²) >= 11 is 1.34. The maximum Gasteiger partial charge on any atom is 0.229 e. The van der Waals surface area contributed by atoms with Crippen LogP contribution in [-0.2, 0) is 4.79 Å². The van der Waals surface area contributed by atoms with Gasteiger partial charge >= 0.3 is 0 Å². The van der Waals surface area contributed by atoms with Crippen molar-refractivity contribution < 1.29 is 4.79 Å². The molecule has 2 aromatic rings. The van der Waals surface area contributed by atoms with Crippen LogP contribution in [-0.4, -0.2) is 34.2 Å². The van der Waals surface area contributed by atoms with Gasteiger partial charge in [-0.1, -0.05) is 24.3 Å². The first-order valence-electron chi connectivity index (χ1n) is 6.50. The quantitative estimate of drug-likeness (QED) is 0.889. The molecule has 3 rings (SSSR count). The third-order valence-corrected chi connectivity index (χ3v) is 4.33. The van der Waals surface area contributed by atoms with Crippen LogP contribution in [0.1, 0.15) is 6.92 Å². The smallest absolute Gasteiger partial charge is 0.229 e. The van der Waals surface area contributed by atoms with Gasteiger partial charge in [-0.05, 0) is 31.1 Å². The van der Waals surface area contributed by atoms with E-state index in [9.17, 15) is 4.79 Å². The van der Waals surface area contributed by atoms with E-state index >= 15 is 0 Å². The molecule has 1 fully saturated rings. The van der Waals surface area contributed by atoms with Gasteiger partial charge in [-0.2, -0.15) is 0 Å². The van der Waals surface area contributed by atoms with Gasteiger partial charge in [0.1, 0.15) is 5.69 Å². The molecule has 104 valence electrons. The Hall–Kier alpha value is -1.86. The number of nitrogens with zero attached hydrogens (tertiary/aromatic N) is 3. The highest BCUT2D eigenvalue weighted by Crippen LogP contribution is 2.25. The largest absolute Gasteiger partial charge is 0.316 e. The van der Waals surface area contributed by atoms with E-state index in [0.717, 1.165) is 18.8 Å². The van der Waals surface area contributed by atoms with E-state index < -0.39 is 0 Å². The van der Waals surface area contributed by atoms with Crippen LogP contribution >= 0.6 is 11.3 Å². The first kappa shape index (κ1) is 13.1. The number of amides is 1. The highest BCUT2D eigenvalue weighted by molar-refractivity contribution is 7.18. The van der Waals surface area contributed by atoms with Crippen molar-refractivity contribution >= 4 is 22.4 Å². The molecule has 1 aliphatic rings. The van der Waals surface area contributed by atoms with Gasteiger partial charge in [-0.15, -0.1) is 10.2 Å². The Kier molecular flexibility index (Phi) is 3.70. The molecule has 0 bridgehead atoms. The normalized spacial score (nSPS) is 16.4. The Morgan fingerprint density at radius 1 is 1.45 bits per heavy atom. The Morgan fingerprint density at radius 2 is 2.30 bits per heavy atom. The SMILES string of the molecule is CC(C(=O)Nc1nnc(-c2ccccn2)s1)C1CNC1. The lowest BCUT2D eigenvalue weighted by atomic mass is 9.88. The predicted octanol–water partition coefficient (Wildman–Crippen LogP) is 1.39. The summed E-state index contributed by atoms with van der Waals surface area (Å²) in [6.07, 6.45) is 1.71. The van der Waals surface area contributed by atoms with Gasteiger partial charge in [0, 0.05) is 12.1 Å². The van der Waals surface area contributed by atoms with Gasteiger partial charge in [-0.3, -0.25) is 9.78 Å². The summed E-state index contributed by atoms with van der Waals surface area (Å²) in [7, 11) is 0. The van der Waals surface area contributed by atoms with Crippen molar-refractivity contribution in [3.05, 3.63) is 24.4 Å². The lowest BCUT2D eigenvalue weighted by Gasteiger charge is -2.31. The number of nitrogens with one attached hydrogen (secondary N) is 2. The van der Waals surface area contributed by atoms with E-state index in [2.05, 4.69) is 25.8 Å². The number of carbonyl (C=O) groups is 1. The minimum atomic E-state index is -0.0153. The third kappa shape index (κ3) is 2.68. The fourth-order valence-electron chi connectivity index (χ4n) is 1.96. The topological polar surface area (TPSA) is 79.8 Å². The number of rotatable bonds is 4. The van der Waals surface area contributed by atoms with Crippen molar-refractivity contribution in [2.75, 3.05) is 18.4 Å². The molecule has 6 nitrogen and oxygen atoms in total. The van der Waals surface area contributed by atoms with Crippen LogP contribution in [0.3, 0.4) is 0 Å². The number of anilines is 1. The van der Waals surface area contributed by atoms with E-state index in [4.69, 9.17) is 0 Å². The molecule has 1 aliphatic heterocycles. The molecular formula is C13H15N5OS. The number of aromatic nitrogens is 3. The Bertz CT molecular complexity index is 596. The summed E-state index contributed by atoms with van der Waals surface area (Å²) in [4.78, 5) is 16.3. The molecule has 7 heteroatoms. The summed E-state index contributed by atoms with van der Waals surface area (Å²) in [6, 6.07) is 5.62. The fraction of sp³-hybridized carbons (Fsp3) is 0.385. The van der Waals surface area contributed by atoms with Gasteiger partial charge in [0.05, 0.1) is 0 Å². The van der Waals surface area contributed by atoms with Crippen molar-refractivity contribution in [1.82, 2.24) is 20.5 Å². The van der Waals surface area contributed by atoms with E-state index in [1.165, 1.54) is 11.3 Å². The zero-order chi connectivity index (χ0) is 13.9. The molecule has 1 unspecified atom stereocenters. The minimum Gasteiger partial charge on any atom is -0.316 e. The van der Waals surface area contributed by atoms with E-state index in [1.54, 1.807) is 6.20 Å².